The van der Waals surface area contributed by atoms with Gasteiger partial charge in [-0.3, -0.25) is 19.0 Å². The molecule has 0 aliphatic carbocycles. The highest BCUT2D eigenvalue weighted by Gasteiger charge is 2.50. The highest BCUT2D eigenvalue weighted by atomic mass is 16.7. The zero-order valence-electron chi connectivity index (χ0n) is 15.2. The van der Waals surface area contributed by atoms with Gasteiger partial charge in [-0.05, 0) is 0 Å². The molecule has 27 heavy (non-hydrogen) atoms. The number of esters is 3. The van der Waals surface area contributed by atoms with E-state index in [0.29, 0.717) is 0 Å². The van der Waals surface area contributed by atoms with Crippen molar-refractivity contribution in [3.05, 3.63) is 22.7 Å². The van der Waals surface area contributed by atoms with Crippen molar-refractivity contribution in [2.75, 3.05) is 13.7 Å². The van der Waals surface area contributed by atoms with Crippen molar-refractivity contribution in [1.29, 1.82) is 0 Å². The summed E-state index contributed by atoms with van der Waals surface area (Å²) in [5, 5.41) is 0. The molecule has 0 aromatic carbocycles. The van der Waals surface area contributed by atoms with Crippen LogP contribution < -0.4 is 10.4 Å². The summed E-state index contributed by atoms with van der Waals surface area (Å²) in [5.41, 5.74) is -0.730. The van der Waals surface area contributed by atoms with Crippen LogP contribution in [-0.4, -0.2) is 59.5 Å². The van der Waals surface area contributed by atoms with E-state index in [1.54, 1.807) is 0 Å². The molecule has 0 bridgehead atoms. The molecular formula is C16H20N2O9. The average Bonchev–Trinajstić information content (AvgIpc) is 2.89. The molecule has 1 fully saturated rings. The first-order valence-electron chi connectivity index (χ1n) is 7.99. The van der Waals surface area contributed by atoms with Gasteiger partial charge >= 0.3 is 23.6 Å². The third-order valence-electron chi connectivity index (χ3n) is 3.63. The van der Waals surface area contributed by atoms with E-state index < -0.39 is 48.1 Å². The van der Waals surface area contributed by atoms with Gasteiger partial charge in [0.15, 0.2) is 18.4 Å². The van der Waals surface area contributed by atoms with Crippen LogP contribution in [0.1, 0.15) is 27.0 Å². The maximum absolute atomic E-state index is 12.3. The molecule has 11 nitrogen and oxygen atoms in total. The van der Waals surface area contributed by atoms with E-state index >= 15 is 0 Å². The van der Waals surface area contributed by atoms with Gasteiger partial charge in [0.05, 0.1) is 7.11 Å². The van der Waals surface area contributed by atoms with Gasteiger partial charge in [0.1, 0.15) is 12.7 Å². The fraction of sp³-hybridized carbons (Fsp3) is 0.562. The van der Waals surface area contributed by atoms with Gasteiger partial charge in [-0.15, -0.1) is 0 Å². The normalized spacial score (nSPS) is 24.1. The standard InChI is InChI=1S/C16H20N2O9/c1-8(19)24-7-11-13(25-9(2)20)14(26-10(3)21)15(27-11)18-6-5-12(23-4)17-16(18)22/h5-6,11,13-15H,7H2,1-4H3/t11-,13-,14-,15-/m0/s1. The van der Waals surface area contributed by atoms with Crippen molar-refractivity contribution in [3.63, 3.8) is 0 Å². The van der Waals surface area contributed by atoms with E-state index in [1.165, 1.54) is 33.2 Å². The van der Waals surface area contributed by atoms with Gasteiger partial charge < -0.3 is 23.7 Å². The summed E-state index contributed by atoms with van der Waals surface area (Å²) in [6, 6.07) is 1.41. The van der Waals surface area contributed by atoms with Crippen LogP contribution in [0.4, 0.5) is 0 Å². The monoisotopic (exact) mass is 384 g/mol. The second-order valence-corrected chi connectivity index (χ2v) is 5.68. The summed E-state index contributed by atoms with van der Waals surface area (Å²) in [4.78, 5) is 50.1. The number of carbonyl (C=O) groups excluding carboxylic acids is 3. The number of aromatic nitrogens is 2. The highest BCUT2D eigenvalue weighted by molar-refractivity contribution is 5.67. The Morgan fingerprint density at radius 1 is 1.11 bits per heavy atom. The minimum atomic E-state index is -1.15. The van der Waals surface area contributed by atoms with Crippen molar-refractivity contribution >= 4 is 17.9 Å². The summed E-state index contributed by atoms with van der Waals surface area (Å²) in [7, 11) is 1.35. The highest BCUT2D eigenvalue weighted by Crippen LogP contribution is 2.33. The Balaban J connectivity index is 2.40. The fourth-order valence-corrected chi connectivity index (χ4v) is 2.62. The molecule has 0 spiro atoms. The van der Waals surface area contributed by atoms with Crippen LogP contribution in [0.2, 0.25) is 0 Å². The molecule has 148 valence electrons. The molecule has 4 atom stereocenters. The Kier molecular flexibility index (Phi) is 6.50. The molecule has 1 aromatic rings. The van der Waals surface area contributed by atoms with Crippen molar-refractivity contribution < 1.29 is 38.1 Å². The molecular weight excluding hydrogens is 364 g/mol. The van der Waals surface area contributed by atoms with Gasteiger partial charge in [0.25, 0.3) is 0 Å². The van der Waals surface area contributed by atoms with E-state index in [4.69, 9.17) is 23.7 Å². The minimum absolute atomic E-state index is 0.0892. The molecule has 0 radical (unpaired) electrons. The molecule has 1 saturated heterocycles. The molecule has 1 aliphatic rings. The summed E-state index contributed by atoms with van der Waals surface area (Å²) in [6.07, 6.45) is -3.01. The first kappa shape index (κ1) is 20.4. The Morgan fingerprint density at radius 3 is 2.26 bits per heavy atom. The molecule has 1 aliphatic heterocycles. The number of carbonyl (C=O) groups is 3. The number of rotatable bonds is 6. The van der Waals surface area contributed by atoms with Crippen LogP contribution in [0, 0.1) is 0 Å². The molecule has 2 heterocycles. The second-order valence-electron chi connectivity index (χ2n) is 5.68. The largest absolute Gasteiger partial charge is 0.481 e. The molecule has 1 aromatic heterocycles. The molecule has 11 heteroatoms. The lowest BCUT2D eigenvalue weighted by Crippen LogP contribution is -2.41. The number of methoxy groups -OCH3 is 1. The summed E-state index contributed by atoms with van der Waals surface area (Å²) in [5.74, 6) is -1.81. The van der Waals surface area contributed by atoms with Gasteiger partial charge in [-0.2, -0.15) is 4.98 Å². The number of hydrogen-bond donors (Lipinski definition) is 0. The molecule has 0 N–H and O–H groups in total. The smallest absolute Gasteiger partial charge is 0.353 e. The van der Waals surface area contributed by atoms with Gasteiger partial charge in [0, 0.05) is 33.0 Å². The van der Waals surface area contributed by atoms with Gasteiger partial charge in [0.2, 0.25) is 5.88 Å². The lowest BCUT2D eigenvalue weighted by atomic mass is 10.1. The van der Waals surface area contributed by atoms with E-state index in [1.807, 2.05) is 0 Å². The van der Waals surface area contributed by atoms with E-state index in [-0.39, 0.29) is 12.5 Å². The van der Waals surface area contributed by atoms with Crippen LogP contribution in [0.15, 0.2) is 17.1 Å². The Bertz CT molecular complexity index is 775. The quantitative estimate of drug-likeness (QED) is 0.470. The first-order valence-corrected chi connectivity index (χ1v) is 7.99. The van der Waals surface area contributed by atoms with Crippen LogP contribution in [0.5, 0.6) is 5.88 Å². The van der Waals surface area contributed by atoms with Crippen LogP contribution in [0.3, 0.4) is 0 Å². The summed E-state index contributed by atoms with van der Waals surface area (Å²) < 4.78 is 27.1. The van der Waals surface area contributed by atoms with Crippen LogP contribution >= 0.6 is 0 Å². The Morgan fingerprint density at radius 2 is 1.74 bits per heavy atom. The predicted octanol–water partition coefficient (Wildman–Crippen LogP) is -0.424. The van der Waals surface area contributed by atoms with Crippen molar-refractivity contribution in [2.24, 2.45) is 0 Å². The number of ether oxygens (including phenoxy) is 5. The maximum atomic E-state index is 12.3. The molecule has 2 rings (SSSR count). The predicted molar refractivity (Wildman–Crippen MR) is 86.7 cm³/mol. The Hall–Kier alpha value is -2.95. The maximum Gasteiger partial charge on any atom is 0.353 e. The first-order chi connectivity index (χ1) is 12.7. The molecule has 0 unspecified atom stereocenters. The third kappa shape index (κ3) is 5.03. The minimum Gasteiger partial charge on any atom is -0.481 e. The van der Waals surface area contributed by atoms with Crippen molar-refractivity contribution in [1.82, 2.24) is 9.55 Å². The van der Waals surface area contributed by atoms with E-state index in [2.05, 4.69) is 4.98 Å². The summed E-state index contributed by atoms with van der Waals surface area (Å²) in [6.45, 7) is 3.27. The lowest BCUT2D eigenvalue weighted by Gasteiger charge is -2.23. The van der Waals surface area contributed by atoms with Crippen molar-refractivity contribution in [3.8, 4) is 5.88 Å². The van der Waals surface area contributed by atoms with E-state index in [0.717, 1.165) is 11.5 Å². The second kappa shape index (κ2) is 8.62. The lowest BCUT2D eigenvalue weighted by molar-refractivity contribution is -0.166. The van der Waals surface area contributed by atoms with Crippen LogP contribution in [-0.2, 0) is 33.3 Å². The zero-order chi connectivity index (χ0) is 20.1. The third-order valence-corrected chi connectivity index (χ3v) is 3.63. The van der Waals surface area contributed by atoms with Crippen LogP contribution in [0.25, 0.3) is 0 Å². The summed E-state index contributed by atoms with van der Waals surface area (Å²) >= 11 is 0. The van der Waals surface area contributed by atoms with Crippen molar-refractivity contribution in [2.45, 2.75) is 45.3 Å². The topological polar surface area (TPSA) is 132 Å². The number of nitrogens with zero attached hydrogens (tertiary/aromatic N) is 2. The van der Waals surface area contributed by atoms with E-state index in [9.17, 15) is 19.2 Å². The molecule has 0 saturated carbocycles. The molecule has 0 amide bonds. The SMILES string of the molecule is COc1ccn([C@H]2O[C@@H](COC(C)=O)[C@H](OC(C)=O)[C@@H]2OC(C)=O)c(=O)n1. The average molecular weight is 384 g/mol. The fourth-order valence-electron chi connectivity index (χ4n) is 2.62. The Labute approximate surface area is 154 Å². The van der Waals surface area contributed by atoms with Gasteiger partial charge in [-0.25, -0.2) is 4.79 Å². The number of hydrogen-bond acceptors (Lipinski definition) is 10. The zero-order valence-corrected chi connectivity index (χ0v) is 15.2. The van der Waals surface area contributed by atoms with Gasteiger partial charge in [-0.1, -0.05) is 0 Å².